The van der Waals surface area contributed by atoms with Crippen molar-refractivity contribution >= 4 is 5.91 Å². The molecular weight excluding hydrogens is 350 g/mol. The van der Waals surface area contributed by atoms with Crippen molar-refractivity contribution in [3.8, 4) is 11.3 Å². The third-order valence-electron chi connectivity index (χ3n) is 5.03. The van der Waals surface area contributed by atoms with Crippen LogP contribution in [0, 0.1) is 5.92 Å². The van der Waals surface area contributed by atoms with E-state index in [1.807, 2.05) is 53.4 Å². The molecule has 4 rings (SSSR count). The number of oxazole rings is 1. The molecule has 0 fully saturated rings. The molecule has 1 amide bonds. The number of carbonyl (C=O) groups is 1. The minimum Gasteiger partial charge on any atom is -0.443 e. The number of aromatic nitrogens is 2. The molecule has 0 spiro atoms. The van der Waals surface area contributed by atoms with Crippen LogP contribution in [0.15, 0.2) is 77.7 Å². The third-order valence-corrected chi connectivity index (χ3v) is 5.03. The zero-order chi connectivity index (χ0) is 19.2. The Balaban J connectivity index is 1.61. The van der Waals surface area contributed by atoms with Crippen molar-refractivity contribution in [3.05, 3.63) is 84.7 Å². The minimum absolute atomic E-state index is 0.118. The average molecular weight is 373 g/mol. The summed E-state index contributed by atoms with van der Waals surface area (Å²) in [5.41, 5.74) is 2.07. The smallest absolute Gasteiger partial charge is 0.276 e. The molecule has 142 valence electrons. The fraction of sp³-hybridized carbons (Fsp3) is 0.261. The lowest BCUT2D eigenvalue weighted by atomic mass is 9.93. The molecule has 5 heteroatoms. The molecule has 1 aliphatic rings. The summed E-state index contributed by atoms with van der Waals surface area (Å²) in [6.07, 6.45) is 10.7. The lowest BCUT2D eigenvalue weighted by Gasteiger charge is -2.28. The molecule has 2 aromatic heterocycles. The Morgan fingerprint density at radius 3 is 2.68 bits per heavy atom. The van der Waals surface area contributed by atoms with Crippen LogP contribution in [0.3, 0.4) is 0 Å². The molecular formula is C23H23N3O2. The summed E-state index contributed by atoms with van der Waals surface area (Å²) in [4.78, 5) is 24.0. The van der Waals surface area contributed by atoms with Crippen molar-refractivity contribution in [1.82, 2.24) is 14.9 Å². The van der Waals surface area contributed by atoms with Crippen LogP contribution >= 0.6 is 0 Å². The van der Waals surface area contributed by atoms with Crippen molar-refractivity contribution in [3.63, 3.8) is 0 Å². The molecule has 3 aromatic rings. The molecule has 1 atom stereocenters. The van der Waals surface area contributed by atoms with Gasteiger partial charge in [-0.05, 0) is 37.3 Å². The van der Waals surface area contributed by atoms with Gasteiger partial charge in [0.15, 0.2) is 17.8 Å². The zero-order valence-electron chi connectivity index (χ0n) is 15.7. The highest BCUT2D eigenvalue weighted by atomic mass is 16.3. The Kier molecular flexibility index (Phi) is 5.61. The molecule has 0 saturated carbocycles. The molecule has 0 N–H and O–H groups in total. The second-order valence-electron chi connectivity index (χ2n) is 7.05. The summed E-state index contributed by atoms with van der Waals surface area (Å²) in [6, 6.07) is 15.4. The maximum Gasteiger partial charge on any atom is 0.276 e. The van der Waals surface area contributed by atoms with Gasteiger partial charge in [0.2, 0.25) is 0 Å². The number of allylic oxidation sites excluding steroid dienone is 2. The first kappa shape index (κ1) is 18.2. The average Bonchev–Trinajstić information content (AvgIpc) is 3.25. The first-order chi connectivity index (χ1) is 13.8. The highest BCUT2D eigenvalue weighted by Crippen LogP contribution is 2.26. The summed E-state index contributed by atoms with van der Waals surface area (Å²) in [5.74, 6) is 0.845. The SMILES string of the molecule is O=C(c1ncoc1-c1ccccc1)N(Cc1ccccn1)C[C@H]1CC=CCC1. The van der Waals surface area contributed by atoms with Crippen LogP contribution in [-0.4, -0.2) is 27.3 Å². The molecule has 0 saturated heterocycles. The Bertz CT molecular complexity index is 935. The van der Waals surface area contributed by atoms with Gasteiger partial charge in [-0.2, -0.15) is 0 Å². The number of nitrogens with zero attached hydrogens (tertiary/aromatic N) is 3. The van der Waals surface area contributed by atoms with Crippen molar-refractivity contribution in [2.75, 3.05) is 6.54 Å². The summed E-state index contributed by atoms with van der Waals surface area (Å²) in [5, 5.41) is 0. The minimum atomic E-state index is -0.118. The van der Waals surface area contributed by atoms with Crippen LogP contribution in [0.4, 0.5) is 0 Å². The van der Waals surface area contributed by atoms with E-state index in [0.717, 1.165) is 30.5 Å². The van der Waals surface area contributed by atoms with Crippen molar-refractivity contribution in [2.24, 2.45) is 5.92 Å². The Labute approximate surface area is 164 Å². The maximum atomic E-state index is 13.4. The summed E-state index contributed by atoms with van der Waals surface area (Å²) in [6.45, 7) is 1.14. The van der Waals surface area contributed by atoms with Gasteiger partial charge in [0.05, 0.1) is 12.2 Å². The van der Waals surface area contributed by atoms with Gasteiger partial charge in [-0.25, -0.2) is 4.98 Å². The quantitative estimate of drug-likeness (QED) is 0.586. The molecule has 0 bridgehead atoms. The maximum absolute atomic E-state index is 13.4. The highest BCUT2D eigenvalue weighted by molar-refractivity contribution is 5.97. The van der Waals surface area contributed by atoms with Crippen LogP contribution in [0.25, 0.3) is 11.3 Å². The summed E-state index contributed by atoms with van der Waals surface area (Å²) >= 11 is 0. The highest BCUT2D eigenvalue weighted by Gasteiger charge is 2.26. The predicted octanol–water partition coefficient (Wildman–Crippen LogP) is 4.74. The number of carbonyl (C=O) groups excluding carboxylic acids is 1. The molecule has 2 heterocycles. The number of pyridine rings is 1. The largest absolute Gasteiger partial charge is 0.443 e. The van der Waals surface area contributed by atoms with Crippen LogP contribution in [0.5, 0.6) is 0 Å². The Hall–Kier alpha value is -3.21. The lowest BCUT2D eigenvalue weighted by molar-refractivity contribution is 0.0703. The van der Waals surface area contributed by atoms with E-state index in [-0.39, 0.29) is 5.91 Å². The first-order valence-corrected chi connectivity index (χ1v) is 9.64. The number of rotatable bonds is 6. The van der Waals surface area contributed by atoms with Gasteiger partial charge in [0, 0.05) is 18.3 Å². The lowest BCUT2D eigenvalue weighted by Crippen LogP contribution is -2.36. The van der Waals surface area contributed by atoms with Gasteiger partial charge in [0.1, 0.15) is 0 Å². The molecule has 0 radical (unpaired) electrons. The van der Waals surface area contributed by atoms with Gasteiger partial charge in [-0.1, -0.05) is 48.6 Å². The molecule has 0 aliphatic heterocycles. The summed E-state index contributed by atoms with van der Waals surface area (Å²) in [7, 11) is 0. The van der Waals surface area contributed by atoms with Gasteiger partial charge in [-0.3, -0.25) is 9.78 Å². The van der Waals surface area contributed by atoms with Gasteiger partial charge >= 0.3 is 0 Å². The van der Waals surface area contributed by atoms with Crippen LogP contribution in [-0.2, 0) is 6.54 Å². The number of benzene rings is 1. The predicted molar refractivity (Wildman–Crippen MR) is 107 cm³/mol. The molecule has 1 aromatic carbocycles. The molecule has 1 aliphatic carbocycles. The van der Waals surface area contributed by atoms with E-state index in [2.05, 4.69) is 22.1 Å². The number of hydrogen-bond acceptors (Lipinski definition) is 4. The van der Waals surface area contributed by atoms with E-state index in [1.54, 1.807) is 6.20 Å². The van der Waals surface area contributed by atoms with Crippen LogP contribution in [0.1, 0.15) is 35.4 Å². The first-order valence-electron chi connectivity index (χ1n) is 9.64. The van der Waals surface area contributed by atoms with E-state index in [9.17, 15) is 4.79 Å². The van der Waals surface area contributed by atoms with E-state index in [1.165, 1.54) is 6.39 Å². The van der Waals surface area contributed by atoms with E-state index >= 15 is 0 Å². The van der Waals surface area contributed by atoms with Gasteiger partial charge < -0.3 is 9.32 Å². The van der Waals surface area contributed by atoms with Crippen molar-refractivity contribution in [1.29, 1.82) is 0 Å². The van der Waals surface area contributed by atoms with E-state index in [0.29, 0.717) is 30.5 Å². The standard InChI is InChI=1S/C23H23N3O2/c27-23(21-22(28-17-25-21)19-11-5-2-6-12-19)26(15-18-9-3-1-4-10-18)16-20-13-7-8-14-24-20/h1-3,5-8,11-14,17-18H,4,9-10,15-16H2/t18-/m0/s1. The Morgan fingerprint density at radius 2 is 1.93 bits per heavy atom. The monoisotopic (exact) mass is 373 g/mol. The van der Waals surface area contributed by atoms with Crippen LogP contribution < -0.4 is 0 Å². The van der Waals surface area contributed by atoms with Crippen molar-refractivity contribution < 1.29 is 9.21 Å². The Morgan fingerprint density at radius 1 is 1.07 bits per heavy atom. The van der Waals surface area contributed by atoms with Crippen molar-refractivity contribution in [2.45, 2.75) is 25.8 Å². The molecule has 0 unspecified atom stereocenters. The summed E-state index contributed by atoms with van der Waals surface area (Å²) < 4.78 is 5.58. The normalized spacial score (nSPS) is 16.1. The van der Waals surface area contributed by atoms with E-state index in [4.69, 9.17) is 4.42 Å². The molecule has 5 nitrogen and oxygen atoms in total. The number of amides is 1. The third kappa shape index (κ3) is 4.19. The van der Waals surface area contributed by atoms with E-state index < -0.39 is 0 Å². The topological polar surface area (TPSA) is 59.2 Å². The zero-order valence-corrected chi connectivity index (χ0v) is 15.7. The second kappa shape index (κ2) is 8.65. The fourth-order valence-corrected chi connectivity index (χ4v) is 3.58. The second-order valence-corrected chi connectivity index (χ2v) is 7.05. The van der Waals surface area contributed by atoms with Crippen LogP contribution in [0.2, 0.25) is 0 Å². The van der Waals surface area contributed by atoms with Gasteiger partial charge in [0.25, 0.3) is 5.91 Å². The molecule has 28 heavy (non-hydrogen) atoms. The number of hydrogen-bond donors (Lipinski definition) is 0. The van der Waals surface area contributed by atoms with Gasteiger partial charge in [-0.15, -0.1) is 0 Å². The fourth-order valence-electron chi connectivity index (χ4n) is 3.58.